The number of carbonyl (C=O) groups is 1. The average Bonchev–Trinajstić information content (AvgIpc) is 3.44. The lowest BCUT2D eigenvalue weighted by Crippen LogP contribution is -2.35. The van der Waals surface area contributed by atoms with Crippen LogP contribution in [0.5, 0.6) is 0 Å². The Balaban J connectivity index is 1.46. The highest BCUT2D eigenvalue weighted by atomic mass is 16.3. The number of amides is 1. The molecule has 2 aliphatic rings. The molecule has 1 aliphatic carbocycles. The summed E-state index contributed by atoms with van der Waals surface area (Å²) in [6.45, 7) is 4.64. The fourth-order valence-electron chi connectivity index (χ4n) is 4.36. The Morgan fingerprint density at radius 2 is 2.03 bits per heavy atom. The van der Waals surface area contributed by atoms with E-state index in [1.54, 1.807) is 16.8 Å². The van der Waals surface area contributed by atoms with E-state index in [4.69, 9.17) is 5.10 Å². The topological polar surface area (TPSA) is 103 Å². The van der Waals surface area contributed by atoms with Gasteiger partial charge in [-0.3, -0.25) is 4.79 Å². The number of benzene rings is 1. The summed E-state index contributed by atoms with van der Waals surface area (Å²) in [5, 5.41) is 28.3. The van der Waals surface area contributed by atoms with Gasteiger partial charge in [-0.25, -0.2) is 4.98 Å². The maximum Gasteiger partial charge on any atom is 0.227 e. The standard InChI is InChI=1S/C22H24N5O3/c1-13-10-17(22(30)21(13)29)24-18-7-8-23-19-12-16(25-27(18)19)14-4-2-5-15(11-14)26-9-3-6-20(26)28/h2,4-5,7-8,11-13,17,21-22,24,29-30H,1,3,6,9-10H2/t13-,17-,21-,22+/m1/s1. The minimum Gasteiger partial charge on any atom is -0.390 e. The number of aliphatic hydroxyl groups excluding tert-OH is 2. The number of nitrogens with one attached hydrogen (secondary N) is 1. The monoisotopic (exact) mass is 406 g/mol. The second kappa shape index (κ2) is 7.37. The first-order valence-electron chi connectivity index (χ1n) is 10.2. The van der Waals surface area contributed by atoms with Crippen LogP contribution in [0, 0.1) is 12.8 Å². The van der Waals surface area contributed by atoms with Crippen molar-refractivity contribution in [1.82, 2.24) is 14.6 Å². The molecule has 1 saturated carbocycles. The van der Waals surface area contributed by atoms with Crippen LogP contribution in [-0.4, -0.2) is 55.5 Å². The van der Waals surface area contributed by atoms with Crippen LogP contribution >= 0.6 is 0 Å². The molecule has 1 aromatic carbocycles. The first kappa shape index (κ1) is 19.0. The number of nitrogens with zero attached hydrogens (tertiary/aromatic N) is 4. The molecule has 2 fully saturated rings. The molecule has 1 radical (unpaired) electrons. The lowest BCUT2D eigenvalue weighted by molar-refractivity contribution is -0.117. The Bertz CT molecular complexity index is 1100. The maximum absolute atomic E-state index is 12.1. The minimum absolute atomic E-state index is 0.149. The maximum atomic E-state index is 12.1. The molecule has 1 amide bonds. The average molecular weight is 406 g/mol. The Morgan fingerprint density at radius 1 is 1.17 bits per heavy atom. The van der Waals surface area contributed by atoms with Gasteiger partial charge in [-0.15, -0.1) is 0 Å². The van der Waals surface area contributed by atoms with Gasteiger partial charge in [-0.05, 0) is 43.9 Å². The van der Waals surface area contributed by atoms with Crippen molar-refractivity contribution < 1.29 is 15.0 Å². The van der Waals surface area contributed by atoms with Crippen molar-refractivity contribution in [2.45, 2.75) is 37.5 Å². The van der Waals surface area contributed by atoms with Gasteiger partial charge in [0.2, 0.25) is 5.91 Å². The van der Waals surface area contributed by atoms with Gasteiger partial charge in [0.1, 0.15) is 11.9 Å². The summed E-state index contributed by atoms with van der Waals surface area (Å²) in [4.78, 5) is 18.3. The van der Waals surface area contributed by atoms with Crippen LogP contribution in [0.25, 0.3) is 16.9 Å². The Hall–Kier alpha value is -2.97. The van der Waals surface area contributed by atoms with E-state index < -0.39 is 12.2 Å². The van der Waals surface area contributed by atoms with Crippen LogP contribution in [0.3, 0.4) is 0 Å². The second-order valence-corrected chi connectivity index (χ2v) is 8.06. The Kier molecular flexibility index (Phi) is 4.67. The summed E-state index contributed by atoms with van der Waals surface area (Å²) < 4.78 is 1.69. The molecule has 3 N–H and O–H groups in total. The first-order chi connectivity index (χ1) is 14.5. The zero-order valence-corrected chi connectivity index (χ0v) is 16.5. The van der Waals surface area contributed by atoms with Crippen LogP contribution in [0.1, 0.15) is 19.3 Å². The van der Waals surface area contributed by atoms with Crippen LogP contribution in [-0.2, 0) is 4.79 Å². The van der Waals surface area contributed by atoms with Gasteiger partial charge in [0.15, 0.2) is 5.65 Å². The molecule has 1 saturated heterocycles. The summed E-state index contributed by atoms with van der Waals surface area (Å²) in [5.41, 5.74) is 3.19. The normalized spacial score (nSPS) is 26.6. The molecular formula is C22H24N5O3. The van der Waals surface area contributed by atoms with Crippen molar-refractivity contribution in [3.8, 4) is 11.3 Å². The molecule has 0 unspecified atom stereocenters. The van der Waals surface area contributed by atoms with E-state index in [9.17, 15) is 15.0 Å². The van der Waals surface area contributed by atoms with E-state index in [0.29, 0.717) is 24.3 Å². The number of anilines is 2. The van der Waals surface area contributed by atoms with E-state index in [-0.39, 0.29) is 17.9 Å². The highest BCUT2D eigenvalue weighted by Crippen LogP contribution is 2.30. The number of aromatic nitrogens is 3. The summed E-state index contributed by atoms with van der Waals surface area (Å²) in [5.74, 6) is 0.609. The fraction of sp³-hybridized carbons (Fsp3) is 0.364. The third kappa shape index (κ3) is 3.22. The molecule has 8 heteroatoms. The number of hydrogen-bond donors (Lipinski definition) is 3. The molecule has 3 heterocycles. The molecule has 4 atom stereocenters. The predicted octanol–water partition coefficient (Wildman–Crippen LogP) is 1.88. The predicted molar refractivity (Wildman–Crippen MR) is 113 cm³/mol. The van der Waals surface area contributed by atoms with Crippen LogP contribution < -0.4 is 10.2 Å². The summed E-state index contributed by atoms with van der Waals surface area (Å²) in [6, 6.07) is 11.2. The molecule has 3 aromatic rings. The molecule has 1 aliphatic heterocycles. The zero-order valence-electron chi connectivity index (χ0n) is 16.5. The molecule has 2 aromatic heterocycles. The fourth-order valence-corrected chi connectivity index (χ4v) is 4.36. The van der Waals surface area contributed by atoms with Crippen LogP contribution in [0.2, 0.25) is 0 Å². The number of hydrogen-bond acceptors (Lipinski definition) is 6. The number of carbonyl (C=O) groups excluding carboxylic acids is 1. The van der Waals surface area contributed by atoms with E-state index in [1.165, 1.54) is 0 Å². The van der Waals surface area contributed by atoms with Gasteiger partial charge in [-0.1, -0.05) is 12.1 Å². The minimum atomic E-state index is -0.888. The van der Waals surface area contributed by atoms with E-state index in [2.05, 4.69) is 17.2 Å². The molecule has 0 spiro atoms. The first-order valence-corrected chi connectivity index (χ1v) is 10.2. The number of fused-ring (bicyclic) bond motifs is 1. The van der Waals surface area contributed by atoms with E-state index >= 15 is 0 Å². The van der Waals surface area contributed by atoms with Gasteiger partial charge in [-0.2, -0.15) is 9.61 Å². The van der Waals surface area contributed by atoms with Crippen molar-refractivity contribution in [2.24, 2.45) is 5.92 Å². The van der Waals surface area contributed by atoms with Crippen molar-refractivity contribution in [2.75, 3.05) is 16.8 Å². The molecular weight excluding hydrogens is 382 g/mol. The molecule has 8 nitrogen and oxygen atoms in total. The summed E-state index contributed by atoms with van der Waals surface area (Å²) >= 11 is 0. The van der Waals surface area contributed by atoms with Gasteiger partial charge in [0.25, 0.3) is 0 Å². The highest BCUT2D eigenvalue weighted by molar-refractivity contribution is 5.95. The largest absolute Gasteiger partial charge is 0.390 e. The molecule has 30 heavy (non-hydrogen) atoms. The zero-order chi connectivity index (χ0) is 20.8. The van der Waals surface area contributed by atoms with Gasteiger partial charge < -0.3 is 20.4 Å². The van der Waals surface area contributed by atoms with Gasteiger partial charge in [0, 0.05) is 36.5 Å². The van der Waals surface area contributed by atoms with Gasteiger partial charge in [0.05, 0.1) is 17.8 Å². The lowest BCUT2D eigenvalue weighted by Gasteiger charge is -2.19. The SMILES string of the molecule is [CH2][C@@H]1C[C@@H](Nc2ccnc3cc(-c4cccc(N5CCCC5=O)c4)nn23)[C@H](O)[C@@H]1O. The smallest absolute Gasteiger partial charge is 0.227 e. The number of rotatable bonds is 4. The highest BCUT2D eigenvalue weighted by Gasteiger charge is 2.39. The summed E-state index contributed by atoms with van der Waals surface area (Å²) in [7, 11) is 0. The van der Waals surface area contributed by atoms with Crippen molar-refractivity contribution >= 4 is 23.1 Å². The lowest BCUT2D eigenvalue weighted by atomic mass is 10.1. The Morgan fingerprint density at radius 3 is 2.77 bits per heavy atom. The third-order valence-corrected chi connectivity index (χ3v) is 6.02. The van der Waals surface area contributed by atoms with E-state index in [0.717, 1.165) is 29.9 Å². The molecule has 5 rings (SSSR count). The van der Waals surface area contributed by atoms with Crippen molar-refractivity contribution in [3.05, 3.63) is 49.5 Å². The van der Waals surface area contributed by atoms with E-state index in [1.807, 2.05) is 35.2 Å². The number of aliphatic hydroxyl groups is 2. The molecule has 155 valence electrons. The van der Waals surface area contributed by atoms with Crippen LogP contribution in [0.4, 0.5) is 11.5 Å². The Labute approximate surface area is 174 Å². The van der Waals surface area contributed by atoms with Crippen molar-refractivity contribution in [1.29, 1.82) is 0 Å². The van der Waals surface area contributed by atoms with Crippen molar-refractivity contribution in [3.63, 3.8) is 0 Å². The third-order valence-electron chi connectivity index (χ3n) is 6.02. The molecule has 0 bridgehead atoms. The van der Waals surface area contributed by atoms with Gasteiger partial charge >= 0.3 is 0 Å². The van der Waals surface area contributed by atoms with Crippen LogP contribution in [0.15, 0.2) is 42.6 Å². The second-order valence-electron chi connectivity index (χ2n) is 8.06. The quantitative estimate of drug-likeness (QED) is 0.611. The summed E-state index contributed by atoms with van der Waals surface area (Å²) in [6.07, 6.45) is 1.98.